The van der Waals surface area contributed by atoms with Crippen LogP contribution in [0.2, 0.25) is 0 Å². The van der Waals surface area contributed by atoms with Gasteiger partial charge in [0.05, 0.1) is 0 Å². The largest absolute Gasteiger partial charge is 0.356 e. The van der Waals surface area contributed by atoms with E-state index in [1.807, 2.05) is 0 Å². The molecule has 14 heavy (non-hydrogen) atoms. The highest BCUT2D eigenvalue weighted by Crippen LogP contribution is 1.98. The Morgan fingerprint density at radius 2 is 1.79 bits per heavy atom. The monoisotopic (exact) mass is 217 g/mol. The summed E-state index contributed by atoms with van der Waals surface area (Å²) >= 11 is 0. The van der Waals surface area contributed by atoms with Gasteiger partial charge in [0.2, 0.25) is 0 Å². The third-order valence-corrected chi connectivity index (χ3v) is 4.23. The molecule has 0 aliphatic carbocycles. The number of hydrogen-bond acceptors (Lipinski definition) is 3. The van der Waals surface area contributed by atoms with Gasteiger partial charge in [-0.25, -0.2) is 0 Å². The van der Waals surface area contributed by atoms with Gasteiger partial charge in [-0.05, 0) is 13.1 Å². The third kappa shape index (κ3) is 6.31. The Hall–Kier alpha value is -0.163. The van der Waals surface area contributed by atoms with E-state index in [1.165, 1.54) is 0 Å². The average Bonchev–Trinajstić information content (AvgIpc) is 2.24. The molecule has 0 spiro atoms. The molecule has 0 unspecified atom stereocenters. The Balaban J connectivity index is 3.61. The Morgan fingerprint density at radius 1 is 1.21 bits per heavy atom. The fourth-order valence-corrected chi connectivity index (χ4v) is 2.36. The fraction of sp³-hybridized carbons (Fsp3) is 0.800. The number of nitrogens with zero attached hydrogens (tertiary/aromatic N) is 1. The molecule has 0 aromatic rings. The van der Waals surface area contributed by atoms with Crippen molar-refractivity contribution in [3.8, 4) is 0 Å². The molecule has 0 aromatic carbocycles. The lowest BCUT2D eigenvalue weighted by Gasteiger charge is -2.15. The molecule has 0 aromatic heterocycles. The minimum atomic E-state index is -0.191. The zero-order valence-corrected chi connectivity index (χ0v) is 11.2. The number of rotatable bonds is 8. The van der Waals surface area contributed by atoms with Crippen LogP contribution in [-0.2, 0) is 9.47 Å². The van der Waals surface area contributed by atoms with Gasteiger partial charge in [0.15, 0.2) is 6.29 Å². The van der Waals surface area contributed by atoms with Gasteiger partial charge in [-0.2, -0.15) is 0 Å². The van der Waals surface area contributed by atoms with Crippen LogP contribution in [0.3, 0.4) is 0 Å². The molecule has 0 saturated heterocycles. The molecule has 3 nitrogen and oxygen atoms in total. The molecule has 0 rings (SSSR count). The highest BCUT2D eigenvalue weighted by Gasteiger charge is 2.00. The second-order valence-corrected chi connectivity index (χ2v) is 4.82. The first-order chi connectivity index (χ1) is 6.78. The molecule has 0 aliphatic rings. The summed E-state index contributed by atoms with van der Waals surface area (Å²) in [4.78, 5) is 0. The van der Waals surface area contributed by atoms with Crippen LogP contribution in [0.4, 0.5) is 0 Å². The maximum atomic E-state index is 5.09. The SMILES string of the molecule is CCN(CC)[SiH2]C=CCC(OC)OC. The summed E-state index contributed by atoms with van der Waals surface area (Å²) in [5.41, 5.74) is 2.30. The van der Waals surface area contributed by atoms with Crippen LogP contribution >= 0.6 is 0 Å². The van der Waals surface area contributed by atoms with Crippen molar-refractivity contribution in [3.63, 3.8) is 0 Å². The summed E-state index contributed by atoms with van der Waals surface area (Å²) in [5, 5.41) is 0. The highest BCUT2D eigenvalue weighted by atomic mass is 28.2. The molecule has 0 saturated carbocycles. The van der Waals surface area contributed by atoms with E-state index in [2.05, 4.69) is 30.2 Å². The van der Waals surface area contributed by atoms with E-state index in [9.17, 15) is 0 Å². The van der Waals surface area contributed by atoms with E-state index >= 15 is 0 Å². The normalized spacial score (nSPS) is 13.0. The Morgan fingerprint density at radius 3 is 2.21 bits per heavy atom. The molecule has 0 N–H and O–H groups in total. The van der Waals surface area contributed by atoms with E-state index in [0.717, 1.165) is 19.5 Å². The van der Waals surface area contributed by atoms with Gasteiger partial charge in [0.25, 0.3) is 0 Å². The molecule has 84 valence electrons. The molecule has 0 heterocycles. The predicted molar refractivity (Wildman–Crippen MR) is 63.0 cm³/mol. The number of ether oxygens (including phenoxy) is 2. The average molecular weight is 217 g/mol. The molecular weight excluding hydrogens is 194 g/mol. The summed E-state index contributed by atoms with van der Waals surface area (Å²) < 4.78 is 12.7. The zero-order chi connectivity index (χ0) is 10.8. The molecular formula is C10H23NO2Si. The van der Waals surface area contributed by atoms with Gasteiger partial charge in [-0.1, -0.05) is 25.6 Å². The lowest BCUT2D eigenvalue weighted by Crippen LogP contribution is -2.25. The minimum absolute atomic E-state index is 0.0862. The van der Waals surface area contributed by atoms with Crippen molar-refractivity contribution >= 4 is 9.68 Å². The van der Waals surface area contributed by atoms with Crippen LogP contribution in [0, 0.1) is 0 Å². The van der Waals surface area contributed by atoms with Gasteiger partial charge < -0.3 is 14.0 Å². The second kappa shape index (κ2) is 9.39. The van der Waals surface area contributed by atoms with Crippen molar-refractivity contribution in [2.75, 3.05) is 27.3 Å². The van der Waals surface area contributed by atoms with E-state index in [-0.39, 0.29) is 16.0 Å². The maximum absolute atomic E-state index is 5.09. The van der Waals surface area contributed by atoms with E-state index in [4.69, 9.17) is 9.47 Å². The van der Waals surface area contributed by atoms with Crippen LogP contribution < -0.4 is 0 Å². The van der Waals surface area contributed by atoms with Crippen molar-refractivity contribution < 1.29 is 9.47 Å². The van der Waals surface area contributed by atoms with Crippen LogP contribution in [0.25, 0.3) is 0 Å². The lowest BCUT2D eigenvalue weighted by molar-refractivity contribution is -0.0986. The Bertz CT molecular complexity index is 129. The second-order valence-electron chi connectivity index (χ2n) is 3.09. The maximum Gasteiger partial charge on any atom is 0.160 e. The summed E-state index contributed by atoms with van der Waals surface area (Å²) in [7, 11) is 3.15. The van der Waals surface area contributed by atoms with Crippen molar-refractivity contribution in [1.82, 2.24) is 4.57 Å². The van der Waals surface area contributed by atoms with Crippen LogP contribution in [0.15, 0.2) is 11.8 Å². The number of hydrogen-bond donors (Lipinski definition) is 0. The minimum Gasteiger partial charge on any atom is -0.356 e. The van der Waals surface area contributed by atoms with Gasteiger partial charge in [-0.3, -0.25) is 0 Å². The van der Waals surface area contributed by atoms with E-state index in [1.54, 1.807) is 14.2 Å². The molecule has 4 heteroatoms. The molecule has 0 bridgehead atoms. The van der Waals surface area contributed by atoms with Gasteiger partial charge >= 0.3 is 0 Å². The predicted octanol–water partition coefficient (Wildman–Crippen LogP) is 0.935. The van der Waals surface area contributed by atoms with Crippen molar-refractivity contribution in [3.05, 3.63) is 11.8 Å². The first-order valence-corrected chi connectivity index (χ1v) is 6.66. The quantitative estimate of drug-likeness (QED) is 0.446. The van der Waals surface area contributed by atoms with Gasteiger partial charge in [0.1, 0.15) is 9.68 Å². The topological polar surface area (TPSA) is 21.7 Å². The van der Waals surface area contributed by atoms with Crippen molar-refractivity contribution in [1.29, 1.82) is 0 Å². The first kappa shape index (κ1) is 13.8. The van der Waals surface area contributed by atoms with Crippen LogP contribution in [0.5, 0.6) is 0 Å². The highest BCUT2D eigenvalue weighted by molar-refractivity contribution is 6.38. The van der Waals surface area contributed by atoms with E-state index in [0.29, 0.717) is 0 Å². The fourth-order valence-electron chi connectivity index (χ4n) is 1.20. The molecule has 0 fully saturated rings. The van der Waals surface area contributed by atoms with Gasteiger partial charge in [0, 0.05) is 20.6 Å². The molecule has 0 radical (unpaired) electrons. The van der Waals surface area contributed by atoms with Crippen molar-refractivity contribution in [2.45, 2.75) is 26.6 Å². The molecule has 0 aliphatic heterocycles. The summed E-state index contributed by atoms with van der Waals surface area (Å²) in [5.74, 6) is 0. The summed E-state index contributed by atoms with van der Waals surface area (Å²) in [6, 6.07) is 0. The molecule has 0 atom stereocenters. The standard InChI is InChI=1S/C10H23NO2Si/c1-5-11(6-2)14-9-7-8-10(12-3)13-4/h7,9-10H,5-6,8,14H2,1-4H3. The van der Waals surface area contributed by atoms with Crippen LogP contribution in [0.1, 0.15) is 20.3 Å². The summed E-state index contributed by atoms with van der Waals surface area (Å²) in [6.07, 6.45) is 2.93. The Labute approximate surface area is 90.0 Å². The summed E-state index contributed by atoms with van der Waals surface area (Å²) in [6.45, 7) is 6.73. The lowest BCUT2D eigenvalue weighted by atomic mass is 10.4. The third-order valence-electron chi connectivity index (χ3n) is 2.28. The van der Waals surface area contributed by atoms with Gasteiger partial charge in [-0.15, -0.1) is 0 Å². The molecule has 0 amide bonds. The Kier molecular flexibility index (Phi) is 9.28. The van der Waals surface area contributed by atoms with E-state index < -0.39 is 0 Å². The first-order valence-electron chi connectivity index (χ1n) is 5.21. The zero-order valence-electron chi connectivity index (χ0n) is 9.82. The van der Waals surface area contributed by atoms with Crippen LogP contribution in [-0.4, -0.2) is 47.8 Å². The smallest absolute Gasteiger partial charge is 0.160 e. The van der Waals surface area contributed by atoms with Crippen molar-refractivity contribution in [2.24, 2.45) is 0 Å². The number of methoxy groups -OCH3 is 2.